The molecule has 6 rings (SSSR count). The van der Waals surface area contributed by atoms with Crippen molar-refractivity contribution in [1.82, 2.24) is 18.7 Å². The number of piperazine rings is 1. The number of sulfonamides is 1. The molecule has 1 amide bonds. The molecule has 51 heavy (non-hydrogen) atoms. The predicted molar refractivity (Wildman–Crippen MR) is 192 cm³/mol. The van der Waals surface area contributed by atoms with E-state index in [0.717, 1.165) is 27.3 Å². The van der Waals surface area contributed by atoms with Crippen molar-refractivity contribution in [3.05, 3.63) is 108 Å². The number of hydrogen-bond acceptors (Lipinski definition) is 9. The molecule has 4 aromatic rings. The van der Waals surface area contributed by atoms with Crippen LogP contribution in [-0.4, -0.2) is 110 Å². The van der Waals surface area contributed by atoms with Gasteiger partial charge >= 0.3 is 0 Å². The first kappa shape index (κ1) is 36.3. The van der Waals surface area contributed by atoms with E-state index in [1.165, 1.54) is 31.7 Å². The van der Waals surface area contributed by atoms with Gasteiger partial charge in [-0.2, -0.15) is 4.31 Å². The highest BCUT2D eigenvalue weighted by Gasteiger charge is 2.34. The quantitative estimate of drug-likeness (QED) is 0.218. The van der Waals surface area contributed by atoms with Crippen molar-refractivity contribution in [2.24, 2.45) is 0 Å². The van der Waals surface area contributed by atoms with Gasteiger partial charge in [-0.25, -0.2) is 8.42 Å². The Morgan fingerprint density at radius 3 is 2.33 bits per heavy atom. The van der Waals surface area contributed by atoms with Gasteiger partial charge < -0.3 is 24.2 Å². The molecule has 3 aromatic carbocycles. The summed E-state index contributed by atoms with van der Waals surface area (Å²) in [6.07, 6.45) is 3.08. The van der Waals surface area contributed by atoms with E-state index in [2.05, 4.69) is 17.0 Å². The van der Waals surface area contributed by atoms with Gasteiger partial charge in [0.2, 0.25) is 22.2 Å². The molecular weight excluding hydrogens is 673 g/mol. The number of aliphatic hydroxyl groups excluding tert-OH is 1. The number of allylic oxidation sites excluding steroid dienone is 1. The van der Waals surface area contributed by atoms with Gasteiger partial charge in [0.1, 0.15) is 5.75 Å². The van der Waals surface area contributed by atoms with Gasteiger partial charge in [0.15, 0.2) is 5.76 Å². The lowest BCUT2D eigenvalue weighted by atomic mass is 9.92. The molecule has 0 radical (unpaired) electrons. The van der Waals surface area contributed by atoms with Gasteiger partial charge in [-0.05, 0) is 47.5 Å². The monoisotopic (exact) mass is 716 g/mol. The Labute approximate surface area is 298 Å². The van der Waals surface area contributed by atoms with E-state index < -0.39 is 16.3 Å². The zero-order valence-corrected chi connectivity index (χ0v) is 29.7. The number of methoxy groups -OCH3 is 1. The maximum atomic E-state index is 14.0. The molecule has 1 aromatic heterocycles. The Kier molecular flexibility index (Phi) is 11.5. The normalized spacial score (nSPS) is 18.4. The second kappa shape index (κ2) is 16.2. The first-order chi connectivity index (χ1) is 24.7. The number of fused-ring (bicyclic) bond motifs is 1. The van der Waals surface area contributed by atoms with Crippen molar-refractivity contribution in [3.8, 4) is 5.75 Å². The van der Waals surface area contributed by atoms with E-state index in [1.807, 2.05) is 54.7 Å². The number of para-hydroxylation sites is 1. The summed E-state index contributed by atoms with van der Waals surface area (Å²) < 4.78 is 47.2. The van der Waals surface area contributed by atoms with Crippen LogP contribution in [0.25, 0.3) is 10.9 Å². The number of hydrogen-bond donors (Lipinski definition) is 1. The Bertz CT molecular complexity index is 1950. The van der Waals surface area contributed by atoms with E-state index in [4.69, 9.17) is 14.2 Å². The van der Waals surface area contributed by atoms with Gasteiger partial charge in [0.25, 0.3) is 5.91 Å². The highest BCUT2D eigenvalue weighted by Crippen LogP contribution is 2.37. The fourth-order valence-corrected chi connectivity index (χ4v) is 8.06. The second-order valence-electron chi connectivity index (χ2n) is 12.6. The molecule has 0 aliphatic carbocycles. The van der Waals surface area contributed by atoms with E-state index in [1.54, 1.807) is 21.6 Å². The van der Waals surface area contributed by atoms with Gasteiger partial charge in [0, 0.05) is 76.7 Å². The number of carbonyl (C=O) groups excluding carboxylic acids is 2. The van der Waals surface area contributed by atoms with Crippen LogP contribution in [0, 0.1) is 0 Å². The van der Waals surface area contributed by atoms with Crippen molar-refractivity contribution in [2.75, 3.05) is 59.6 Å². The molecule has 1 fully saturated rings. The van der Waals surface area contributed by atoms with Crippen LogP contribution in [0.3, 0.4) is 0 Å². The topological polar surface area (TPSA) is 131 Å². The first-order valence-corrected chi connectivity index (χ1v) is 18.5. The van der Waals surface area contributed by atoms with Crippen molar-refractivity contribution < 1.29 is 37.3 Å². The smallest absolute Gasteiger partial charge is 0.288 e. The van der Waals surface area contributed by atoms with Gasteiger partial charge in [-0.1, -0.05) is 48.5 Å². The minimum absolute atomic E-state index is 0.0540. The molecule has 3 heterocycles. The molecule has 0 spiro atoms. The molecular formula is C38H44N4O8S. The maximum Gasteiger partial charge on any atom is 0.288 e. The third-order valence-corrected chi connectivity index (χ3v) is 11.3. The summed E-state index contributed by atoms with van der Waals surface area (Å²) >= 11 is 0. The Hall–Kier alpha value is -4.53. The van der Waals surface area contributed by atoms with Crippen LogP contribution in [-0.2, 0) is 30.8 Å². The molecule has 2 aliphatic heterocycles. The number of benzene rings is 3. The summed E-state index contributed by atoms with van der Waals surface area (Å²) in [5.41, 5.74) is 2.85. The molecule has 0 saturated carbocycles. The Morgan fingerprint density at radius 1 is 0.941 bits per heavy atom. The van der Waals surface area contributed by atoms with Crippen LogP contribution in [0.4, 0.5) is 0 Å². The van der Waals surface area contributed by atoms with Crippen LogP contribution >= 0.6 is 0 Å². The van der Waals surface area contributed by atoms with Crippen LogP contribution in [0.5, 0.6) is 5.75 Å². The SMILES string of the molecule is COc1ccc(S(=O)(=O)N(CCO)CCO[C@H]2C[C@@H](c3cn(C(C)=O)c4ccccc34)C=C(C(=O)N3CCN(Cc4ccccc4)CC3)O2)cc1. The number of aromatic nitrogens is 1. The van der Waals surface area contributed by atoms with Crippen molar-refractivity contribution >= 4 is 32.7 Å². The van der Waals surface area contributed by atoms with Crippen molar-refractivity contribution in [2.45, 2.75) is 37.0 Å². The summed E-state index contributed by atoms with van der Waals surface area (Å²) in [6, 6.07) is 23.9. The third-order valence-electron chi connectivity index (χ3n) is 9.35. The zero-order chi connectivity index (χ0) is 36.0. The molecule has 270 valence electrons. The first-order valence-electron chi connectivity index (χ1n) is 17.1. The molecule has 2 aliphatic rings. The number of amides is 1. The summed E-state index contributed by atoms with van der Waals surface area (Å²) in [5.74, 6) is -0.0246. The highest BCUT2D eigenvalue weighted by atomic mass is 32.2. The summed E-state index contributed by atoms with van der Waals surface area (Å²) in [6.45, 7) is 4.19. The van der Waals surface area contributed by atoms with Crippen LogP contribution < -0.4 is 4.74 Å². The minimum atomic E-state index is -3.95. The molecule has 1 N–H and O–H groups in total. The van der Waals surface area contributed by atoms with Crippen LogP contribution in [0.15, 0.2) is 102 Å². The molecule has 13 heteroatoms. The number of nitrogens with zero attached hydrogens (tertiary/aromatic N) is 4. The fraction of sp³-hybridized carbons (Fsp3) is 0.368. The standard InChI is InChI=1S/C38H44N4O8S/c1-28(44)42-27-34(33-10-6-7-11-35(33)42)30-24-36(38(45)40-18-16-39(17-19-40)26-29-8-4-3-5-9-29)50-37(25-30)49-23-21-41(20-22-43)51(46,47)32-14-12-31(48-2)13-15-32/h3-15,24,27,30,37,43H,16-23,25-26H2,1-2H3/t30-,37+/m0/s1. The van der Waals surface area contributed by atoms with Crippen molar-refractivity contribution in [1.29, 1.82) is 0 Å². The maximum absolute atomic E-state index is 14.0. The number of ether oxygens (including phenoxy) is 3. The van der Waals surface area contributed by atoms with Gasteiger partial charge in [0.05, 0.1) is 30.7 Å². The van der Waals surface area contributed by atoms with Gasteiger partial charge in [-0.3, -0.25) is 19.1 Å². The van der Waals surface area contributed by atoms with E-state index in [-0.39, 0.29) is 54.7 Å². The summed E-state index contributed by atoms with van der Waals surface area (Å²) in [5, 5.41) is 10.6. The zero-order valence-electron chi connectivity index (χ0n) is 28.9. The average molecular weight is 717 g/mol. The molecule has 1 saturated heterocycles. The van der Waals surface area contributed by atoms with E-state index in [0.29, 0.717) is 38.3 Å². The Balaban J connectivity index is 1.20. The third kappa shape index (κ3) is 8.35. The number of rotatable bonds is 13. The van der Waals surface area contributed by atoms with Crippen molar-refractivity contribution in [3.63, 3.8) is 0 Å². The summed E-state index contributed by atoms with van der Waals surface area (Å²) in [4.78, 5) is 30.7. The number of aliphatic hydroxyl groups is 1. The van der Waals surface area contributed by atoms with Gasteiger partial charge in [-0.15, -0.1) is 0 Å². The molecule has 0 unspecified atom stereocenters. The molecule has 12 nitrogen and oxygen atoms in total. The molecule has 2 atom stereocenters. The largest absolute Gasteiger partial charge is 0.497 e. The number of carbonyl (C=O) groups is 2. The van der Waals surface area contributed by atoms with Crippen LogP contribution in [0.1, 0.15) is 35.2 Å². The second-order valence-corrected chi connectivity index (χ2v) is 14.6. The minimum Gasteiger partial charge on any atom is -0.497 e. The fourth-order valence-electron chi connectivity index (χ4n) is 6.64. The predicted octanol–water partition coefficient (Wildman–Crippen LogP) is 4.07. The lowest BCUT2D eigenvalue weighted by molar-refractivity contribution is -0.153. The lowest BCUT2D eigenvalue weighted by Gasteiger charge is -2.36. The average Bonchev–Trinajstić information content (AvgIpc) is 3.55. The van der Waals surface area contributed by atoms with E-state index in [9.17, 15) is 23.1 Å². The van der Waals surface area contributed by atoms with Crippen LogP contribution in [0.2, 0.25) is 0 Å². The Morgan fingerprint density at radius 2 is 1.65 bits per heavy atom. The lowest BCUT2D eigenvalue weighted by Crippen LogP contribution is -2.49. The molecule has 0 bridgehead atoms. The highest BCUT2D eigenvalue weighted by molar-refractivity contribution is 7.89. The summed E-state index contributed by atoms with van der Waals surface area (Å²) in [7, 11) is -2.45. The van der Waals surface area contributed by atoms with E-state index >= 15 is 0 Å².